The van der Waals surface area contributed by atoms with E-state index in [9.17, 15) is 53.9 Å². The molecule has 0 fully saturated rings. The van der Waals surface area contributed by atoms with Crippen LogP contribution in [0.2, 0.25) is 0 Å². The van der Waals surface area contributed by atoms with Crippen LogP contribution < -0.4 is 14.2 Å². The number of ketones is 3. The number of carbonyl (C=O) groups is 3. The van der Waals surface area contributed by atoms with Crippen LogP contribution in [0.5, 0.6) is 17.2 Å². The van der Waals surface area contributed by atoms with Gasteiger partial charge < -0.3 is 14.2 Å². The van der Waals surface area contributed by atoms with Crippen LogP contribution in [0.1, 0.15) is 124 Å². The molecule has 0 radical (unpaired) electrons. The van der Waals surface area contributed by atoms with Crippen LogP contribution in [-0.4, -0.2) is 35.9 Å². The van der Waals surface area contributed by atoms with Crippen molar-refractivity contribution < 1.29 is 68.1 Å². The molecule has 0 aliphatic heterocycles. The van der Waals surface area contributed by atoms with E-state index < -0.39 is 52.6 Å². The molecule has 4 rings (SSSR count). The lowest BCUT2D eigenvalue weighted by atomic mass is 9.81. The quantitative estimate of drug-likeness (QED) is 0.0614. The van der Waals surface area contributed by atoms with E-state index in [-0.39, 0.29) is 37.1 Å². The summed E-state index contributed by atoms with van der Waals surface area (Å²) in [5.74, 6) is -5.45. The van der Waals surface area contributed by atoms with Crippen LogP contribution in [0.3, 0.4) is 0 Å². The van der Waals surface area contributed by atoms with E-state index in [1.54, 1.807) is 0 Å². The highest BCUT2D eigenvalue weighted by Gasteiger charge is 2.41. The second kappa shape index (κ2) is 20.8. The van der Waals surface area contributed by atoms with Gasteiger partial charge in [-0.15, -0.1) is 0 Å². The van der Waals surface area contributed by atoms with Gasteiger partial charge in [0.05, 0.1) is 0 Å². The number of benzene rings is 4. The molecular formula is C45H45F9O6. The Bertz CT molecular complexity index is 1810. The molecule has 324 valence electrons. The largest absolute Gasteiger partial charge is 0.489 e. The van der Waals surface area contributed by atoms with E-state index in [0.717, 1.165) is 108 Å². The summed E-state index contributed by atoms with van der Waals surface area (Å²) in [6.45, 7) is 5.81. The second-order valence-corrected chi connectivity index (χ2v) is 14.1. The zero-order valence-electron chi connectivity index (χ0n) is 33.3. The van der Waals surface area contributed by atoms with Gasteiger partial charge in [0, 0.05) is 16.7 Å². The Labute approximate surface area is 342 Å². The fourth-order valence-corrected chi connectivity index (χ4v) is 6.65. The number of halogens is 9. The Kier molecular flexibility index (Phi) is 16.4. The predicted molar refractivity (Wildman–Crippen MR) is 206 cm³/mol. The average Bonchev–Trinajstić information content (AvgIpc) is 3.21. The molecule has 0 unspecified atom stereocenters. The first-order chi connectivity index (χ1) is 28.3. The Morgan fingerprint density at radius 2 is 0.600 bits per heavy atom. The van der Waals surface area contributed by atoms with Gasteiger partial charge in [-0.05, 0) is 145 Å². The van der Waals surface area contributed by atoms with Crippen molar-refractivity contribution in [2.24, 2.45) is 0 Å². The van der Waals surface area contributed by atoms with E-state index in [0.29, 0.717) is 19.3 Å². The maximum absolute atomic E-state index is 13.1. The highest BCUT2D eigenvalue weighted by molar-refractivity contribution is 6.01. The van der Waals surface area contributed by atoms with Crippen molar-refractivity contribution in [3.8, 4) is 17.2 Å². The predicted octanol–water partition coefficient (Wildman–Crippen LogP) is 12.7. The molecule has 4 aromatic rings. The molecule has 0 bridgehead atoms. The lowest BCUT2D eigenvalue weighted by molar-refractivity contribution is -0.0888. The van der Waals surface area contributed by atoms with Crippen LogP contribution in [0.25, 0.3) is 0 Å². The highest BCUT2D eigenvalue weighted by atomic mass is 19.4. The van der Waals surface area contributed by atoms with Gasteiger partial charge in [-0.2, -0.15) is 39.5 Å². The molecule has 0 aliphatic rings. The maximum Gasteiger partial charge on any atom is 0.454 e. The first-order valence-corrected chi connectivity index (χ1v) is 19.5. The summed E-state index contributed by atoms with van der Waals surface area (Å²) in [4.78, 5) is 35.5. The Hall–Kier alpha value is -5.34. The van der Waals surface area contributed by atoms with Gasteiger partial charge in [-0.25, -0.2) is 0 Å². The Balaban J connectivity index is 1.87. The molecule has 15 heteroatoms. The molecule has 6 nitrogen and oxygen atoms in total. The topological polar surface area (TPSA) is 78.9 Å². The van der Waals surface area contributed by atoms with Gasteiger partial charge in [-0.1, -0.05) is 40.0 Å². The monoisotopic (exact) mass is 852 g/mol. The summed E-state index contributed by atoms with van der Waals surface area (Å²) in [5, 5.41) is 0. The number of hydrogen-bond acceptors (Lipinski definition) is 6. The number of Topliss-reactive ketones (excluding diaryl/α,β-unsaturated/α-hetero) is 3. The van der Waals surface area contributed by atoms with Crippen LogP contribution in [0, 0.1) is 0 Å². The molecule has 0 spiro atoms. The molecule has 60 heavy (non-hydrogen) atoms. The zero-order chi connectivity index (χ0) is 44.3. The highest BCUT2D eigenvalue weighted by Crippen LogP contribution is 2.36. The average molecular weight is 853 g/mol. The first-order valence-electron chi connectivity index (χ1n) is 19.5. The second-order valence-electron chi connectivity index (χ2n) is 14.1. The molecule has 0 aromatic heterocycles. The molecule has 0 saturated carbocycles. The molecule has 0 atom stereocenters. The molecule has 0 aliphatic carbocycles. The fraction of sp³-hybridized carbons (Fsp3) is 0.400. The minimum absolute atomic E-state index is 0.0682. The van der Waals surface area contributed by atoms with Crippen molar-refractivity contribution in [2.75, 3.05) is 0 Å². The Morgan fingerprint density at radius 3 is 0.783 bits per heavy atom. The molecular weight excluding hydrogens is 807 g/mol. The van der Waals surface area contributed by atoms with E-state index in [1.165, 1.54) is 36.4 Å². The van der Waals surface area contributed by atoms with Gasteiger partial charge in [0.1, 0.15) is 37.1 Å². The van der Waals surface area contributed by atoms with Crippen molar-refractivity contribution in [3.05, 3.63) is 123 Å². The van der Waals surface area contributed by atoms with Crippen molar-refractivity contribution >= 4 is 17.3 Å². The van der Waals surface area contributed by atoms with Gasteiger partial charge in [0.15, 0.2) is 0 Å². The molecule has 0 heterocycles. The number of rotatable bonds is 21. The first kappa shape index (κ1) is 47.3. The SMILES string of the molecule is CCCCc1c(COc2ccc(C(=O)C(F)(F)F)cc2)c(CCCC)c(COc2ccc(C(=O)C(F)(F)F)cc2)c(CCCC)c1COc1ccc(C(=O)C(F)(F)F)cc1. The van der Waals surface area contributed by atoms with Crippen molar-refractivity contribution in [1.29, 1.82) is 0 Å². The fourth-order valence-electron chi connectivity index (χ4n) is 6.65. The summed E-state index contributed by atoms with van der Waals surface area (Å²) >= 11 is 0. The number of alkyl halides is 9. The van der Waals surface area contributed by atoms with Crippen molar-refractivity contribution in [1.82, 2.24) is 0 Å². The summed E-state index contributed by atoms with van der Waals surface area (Å²) in [7, 11) is 0. The van der Waals surface area contributed by atoms with Gasteiger partial charge >= 0.3 is 18.5 Å². The van der Waals surface area contributed by atoms with E-state index in [1.807, 2.05) is 20.8 Å². The third-order valence-electron chi connectivity index (χ3n) is 9.80. The third kappa shape index (κ3) is 12.6. The standard InChI is InChI=1S/C45H45F9O6/c1-4-7-10-34-37(25-58-31-19-13-28(14-20-31)40(55)43(46,47)48)35(11-8-5-2)39(27-60-33-23-17-30(18-24-33)42(57)45(52,53)54)36(12-9-6-3)38(34)26-59-32-21-15-29(16-22-32)41(56)44(49,50)51/h13-24H,4-12,25-27H2,1-3H3. The minimum Gasteiger partial charge on any atom is -0.489 e. The summed E-state index contributed by atoms with van der Waals surface area (Å²) < 4.78 is 137. The van der Waals surface area contributed by atoms with Crippen LogP contribution >= 0.6 is 0 Å². The molecule has 0 amide bonds. The Morgan fingerprint density at radius 1 is 0.383 bits per heavy atom. The number of ether oxygens (including phenoxy) is 3. The van der Waals surface area contributed by atoms with Gasteiger partial charge in [-0.3, -0.25) is 14.4 Å². The number of unbranched alkanes of at least 4 members (excludes halogenated alkanes) is 3. The lowest BCUT2D eigenvalue weighted by Gasteiger charge is -2.28. The van der Waals surface area contributed by atoms with Gasteiger partial charge in [0.25, 0.3) is 17.3 Å². The lowest BCUT2D eigenvalue weighted by Crippen LogP contribution is -2.22. The van der Waals surface area contributed by atoms with Crippen LogP contribution in [0.15, 0.2) is 72.8 Å². The number of carbonyl (C=O) groups excluding carboxylic acids is 3. The van der Waals surface area contributed by atoms with Gasteiger partial charge in [0.2, 0.25) is 0 Å². The van der Waals surface area contributed by atoms with Crippen molar-refractivity contribution in [3.63, 3.8) is 0 Å². The van der Waals surface area contributed by atoms with Crippen LogP contribution in [0.4, 0.5) is 39.5 Å². The summed E-state index contributed by atoms with van der Waals surface area (Å²) in [6, 6.07) is 13.7. The summed E-state index contributed by atoms with van der Waals surface area (Å²) in [6.07, 6.45) is -9.03. The molecule has 4 aromatic carbocycles. The minimum atomic E-state index is -5.06. The number of hydrogen-bond donors (Lipinski definition) is 0. The zero-order valence-corrected chi connectivity index (χ0v) is 33.3. The maximum atomic E-state index is 13.1. The van der Waals surface area contributed by atoms with E-state index >= 15 is 0 Å². The smallest absolute Gasteiger partial charge is 0.454 e. The third-order valence-corrected chi connectivity index (χ3v) is 9.80. The molecule has 0 saturated heterocycles. The van der Waals surface area contributed by atoms with Crippen LogP contribution in [-0.2, 0) is 39.1 Å². The van der Waals surface area contributed by atoms with E-state index in [4.69, 9.17) is 14.2 Å². The van der Waals surface area contributed by atoms with E-state index in [2.05, 4.69) is 0 Å². The molecule has 0 N–H and O–H groups in total. The normalized spacial score (nSPS) is 12.0. The van der Waals surface area contributed by atoms with Crippen molar-refractivity contribution in [2.45, 2.75) is 117 Å². The summed E-state index contributed by atoms with van der Waals surface area (Å²) in [5.41, 5.74) is 3.20.